The zero-order valence-electron chi connectivity index (χ0n) is 21.6. The Morgan fingerprint density at radius 2 is 1.79 bits per heavy atom. The number of aromatic nitrogens is 1. The number of nitriles is 1. The Kier molecular flexibility index (Phi) is 8.72. The lowest BCUT2D eigenvalue weighted by atomic mass is 10.0. The molecule has 0 radical (unpaired) electrons. The number of aliphatic carboxylic acids is 1. The van der Waals surface area contributed by atoms with Crippen LogP contribution in [0.3, 0.4) is 0 Å². The Balaban J connectivity index is 1.75. The van der Waals surface area contributed by atoms with Crippen molar-refractivity contribution in [3.8, 4) is 6.07 Å². The van der Waals surface area contributed by atoms with Crippen LogP contribution in [0.1, 0.15) is 36.5 Å². The first kappa shape index (κ1) is 28.3. The Labute approximate surface area is 235 Å². The van der Waals surface area contributed by atoms with Crippen LogP contribution in [-0.2, 0) is 16.1 Å². The van der Waals surface area contributed by atoms with Gasteiger partial charge in [0.05, 0.1) is 11.3 Å². The minimum absolute atomic E-state index is 0.0183. The summed E-state index contributed by atoms with van der Waals surface area (Å²) in [5.41, 5.74) is 1.61. The average molecular weight is 570 g/mol. The van der Waals surface area contributed by atoms with Crippen LogP contribution in [0.15, 0.2) is 34.0 Å². The van der Waals surface area contributed by atoms with Crippen molar-refractivity contribution in [3.63, 3.8) is 0 Å². The first-order valence-electron chi connectivity index (χ1n) is 12.6. The van der Waals surface area contributed by atoms with Gasteiger partial charge in [-0.15, -0.1) is 0 Å². The Hall–Kier alpha value is -3.69. The molecule has 0 unspecified atom stereocenters. The molecule has 1 amide bonds. The molecule has 1 N–H and O–H groups in total. The summed E-state index contributed by atoms with van der Waals surface area (Å²) in [5.74, 6) is -1.10. The van der Waals surface area contributed by atoms with Crippen LogP contribution in [0.25, 0.3) is 6.08 Å². The molecule has 0 spiro atoms. The molecular weight excluding hydrogens is 541 g/mol. The molecule has 0 bridgehead atoms. The van der Waals surface area contributed by atoms with Gasteiger partial charge < -0.3 is 14.9 Å². The van der Waals surface area contributed by atoms with E-state index in [2.05, 4.69) is 9.80 Å². The molecule has 204 valence electrons. The second-order valence-corrected chi connectivity index (χ2v) is 10.9. The number of halogens is 1. The maximum atomic E-state index is 13.4. The summed E-state index contributed by atoms with van der Waals surface area (Å²) in [7, 11) is 0. The molecule has 12 heteroatoms. The number of nitrogens with zero attached hydrogens (tertiary/aromatic N) is 5. The van der Waals surface area contributed by atoms with Crippen LogP contribution < -0.4 is 15.4 Å². The summed E-state index contributed by atoms with van der Waals surface area (Å²) < 4.78 is 15.3. The first-order valence-corrected chi connectivity index (χ1v) is 13.8. The summed E-state index contributed by atoms with van der Waals surface area (Å²) in [6, 6.07) is 8.37. The molecule has 4 rings (SSSR count). The third kappa shape index (κ3) is 5.84. The normalized spacial score (nSPS) is 16.8. The van der Waals surface area contributed by atoms with Crippen molar-refractivity contribution in [2.24, 2.45) is 0 Å². The van der Waals surface area contributed by atoms with Crippen molar-refractivity contribution < 1.29 is 19.1 Å². The van der Waals surface area contributed by atoms with Gasteiger partial charge >= 0.3 is 5.97 Å². The van der Waals surface area contributed by atoms with E-state index in [-0.39, 0.29) is 34.2 Å². The topological polar surface area (TPSA) is 110 Å². The molecule has 2 aliphatic rings. The van der Waals surface area contributed by atoms with E-state index in [4.69, 9.17) is 17.3 Å². The molecule has 1 aromatic carbocycles. The fraction of sp³-hybridized carbons (Fsp3) is 0.370. The smallest absolute Gasteiger partial charge is 0.305 e. The number of hydrogen-bond acceptors (Lipinski definition) is 8. The van der Waals surface area contributed by atoms with E-state index in [0.29, 0.717) is 61.0 Å². The number of pyridine rings is 1. The van der Waals surface area contributed by atoms with Gasteiger partial charge in [-0.25, -0.2) is 4.39 Å². The number of amides is 1. The van der Waals surface area contributed by atoms with E-state index >= 15 is 0 Å². The summed E-state index contributed by atoms with van der Waals surface area (Å²) in [5, 5.41) is 18.9. The quantitative estimate of drug-likeness (QED) is 0.377. The van der Waals surface area contributed by atoms with Crippen LogP contribution in [0.5, 0.6) is 0 Å². The summed E-state index contributed by atoms with van der Waals surface area (Å²) in [6.07, 6.45) is 2.10. The van der Waals surface area contributed by atoms with Gasteiger partial charge in [-0.1, -0.05) is 30.9 Å². The number of rotatable bonds is 8. The molecular formula is C27H28FN5O4S2. The summed E-state index contributed by atoms with van der Waals surface area (Å²) in [6.45, 7) is 6.38. The Bertz CT molecular complexity index is 1440. The Morgan fingerprint density at radius 3 is 2.38 bits per heavy atom. The zero-order chi connectivity index (χ0) is 28.3. The standard InChI is InChI=1S/C27H28FN5O4S2/c1-3-9-32-24(31-13-11-30(12-14-31)19-6-4-18(28)5-7-19)20(17(2)21(16-29)25(32)36)15-22-26(37)33(27(38)39-22)10-8-23(34)35/h4-7,15H,3,8-14H2,1-2H3,(H,34,35). The predicted molar refractivity (Wildman–Crippen MR) is 153 cm³/mol. The number of thioether (sulfide) groups is 1. The van der Waals surface area contributed by atoms with Crippen LogP contribution in [-0.4, -0.2) is 63.5 Å². The minimum atomic E-state index is -1.03. The second-order valence-electron chi connectivity index (χ2n) is 9.23. The summed E-state index contributed by atoms with van der Waals surface area (Å²) >= 11 is 6.42. The van der Waals surface area contributed by atoms with Crippen LogP contribution >= 0.6 is 24.0 Å². The molecule has 3 heterocycles. The molecule has 1 aromatic heterocycles. The molecule has 9 nitrogen and oxygen atoms in total. The van der Waals surface area contributed by atoms with Gasteiger partial charge in [0.25, 0.3) is 11.5 Å². The van der Waals surface area contributed by atoms with Gasteiger partial charge in [0, 0.05) is 50.5 Å². The van der Waals surface area contributed by atoms with Gasteiger partial charge in [0.1, 0.15) is 27.6 Å². The lowest BCUT2D eigenvalue weighted by Gasteiger charge is -2.39. The number of carbonyl (C=O) groups excluding carboxylic acids is 1. The van der Waals surface area contributed by atoms with E-state index in [0.717, 1.165) is 17.4 Å². The molecule has 0 atom stereocenters. The maximum absolute atomic E-state index is 13.4. The molecule has 2 saturated heterocycles. The van der Waals surface area contributed by atoms with Crippen LogP contribution in [0.2, 0.25) is 0 Å². The summed E-state index contributed by atoms with van der Waals surface area (Å²) in [4.78, 5) is 43.4. The van der Waals surface area contributed by atoms with Gasteiger partial charge in [-0.3, -0.25) is 23.9 Å². The van der Waals surface area contributed by atoms with E-state index in [1.165, 1.54) is 17.0 Å². The molecule has 0 saturated carbocycles. The third-order valence-electron chi connectivity index (χ3n) is 6.76. The highest BCUT2D eigenvalue weighted by Gasteiger charge is 2.34. The lowest BCUT2D eigenvalue weighted by molar-refractivity contribution is -0.137. The second kappa shape index (κ2) is 12.0. The van der Waals surface area contributed by atoms with Crippen molar-refractivity contribution in [3.05, 3.63) is 62.0 Å². The SMILES string of the molecule is CCCn1c(N2CCN(c3ccc(F)cc3)CC2)c(C=C2SC(=S)N(CCC(=O)O)C2=O)c(C)c(C#N)c1=O. The van der Waals surface area contributed by atoms with E-state index in [9.17, 15) is 24.0 Å². The highest BCUT2D eigenvalue weighted by Crippen LogP contribution is 2.36. The van der Waals surface area contributed by atoms with Gasteiger partial charge in [0.2, 0.25) is 0 Å². The predicted octanol–water partition coefficient (Wildman–Crippen LogP) is 3.58. The van der Waals surface area contributed by atoms with Crippen molar-refractivity contribution in [2.75, 3.05) is 42.5 Å². The van der Waals surface area contributed by atoms with Crippen LogP contribution in [0, 0.1) is 24.1 Å². The first-order chi connectivity index (χ1) is 18.7. The highest BCUT2D eigenvalue weighted by atomic mass is 32.2. The fourth-order valence-electron chi connectivity index (χ4n) is 4.78. The van der Waals surface area contributed by atoms with Gasteiger partial charge in [-0.05, 0) is 49.2 Å². The van der Waals surface area contributed by atoms with E-state index in [1.54, 1.807) is 29.7 Å². The van der Waals surface area contributed by atoms with Crippen molar-refractivity contribution in [2.45, 2.75) is 33.2 Å². The van der Waals surface area contributed by atoms with Gasteiger partial charge in [0.15, 0.2) is 0 Å². The molecule has 0 aliphatic carbocycles. The minimum Gasteiger partial charge on any atom is -0.481 e. The van der Waals surface area contributed by atoms with Gasteiger partial charge in [-0.2, -0.15) is 5.26 Å². The van der Waals surface area contributed by atoms with Crippen molar-refractivity contribution in [1.29, 1.82) is 5.26 Å². The average Bonchev–Trinajstić information content (AvgIpc) is 3.18. The van der Waals surface area contributed by atoms with E-state index in [1.807, 2.05) is 13.0 Å². The lowest BCUT2D eigenvalue weighted by Crippen LogP contribution is -2.48. The van der Waals surface area contributed by atoms with Crippen molar-refractivity contribution in [1.82, 2.24) is 9.47 Å². The number of carboxylic acids is 1. The van der Waals surface area contributed by atoms with Crippen LogP contribution in [0.4, 0.5) is 15.9 Å². The number of carbonyl (C=O) groups is 2. The number of anilines is 2. The number of benzene rings is 1. The molecule has 2 aromatic rings. The zero-order valence-corrected chi connectivity index (χ0v) is 23.3. The largest absolute Gasteiger partial charge is 0.481 e. The Morgan fingerprint density at radius 1 is 1.15 bits per heavy atom. The highest BCUT2D eigenvalue weighted by molar-refractivity contribution is 8.26. The number of piperazine rings is 1. The molecule has 39 heavy (non-hydrogen) atoms. The maximum Gasteiger partial charge on any atom is 0.305 e. The fourth-order valence-corrected chi connectivity index (χ4v) is 6.07. The number of carboxylic acid groups (broad SMARTS) is 1. The molecule has 2 fully saturated rings. The number of hydrogen-bond donors (Lipinski definition) is 1. The van der Waals surface area contributed by atoms with E-state index < -0.39 is 11.9 Å². The van der Waals surface area contributed by atoms with Crippen molar-refractivity contribution >= 4 is 57.8 Å². The monoisotopic (exact) mass is 569 g/mol. The number of thiocarbonyl (C=S) groups is 1. The molecule has 2 aliphatic heterocycles. The third-order valence-corrected chi connectivity index (χ3v) is 8.14.